The predicted octanol–water partition coefficient (Wildman–Crippen LogP) is 5.42. The number of piperidine rings is 1. The third-order valence-corrected chi connectivity index (χ3v) is 5.79. The van der Waals surface area contributed by atoms with E-state index in [1.165, 1.54) is 47.5 Å². The minimum Gasteiger partial charge on any atom is -0.370 e. The first kappa shape index (κ1) is 16.2. The highest BCUT2D eigenvalue weighted by molar-refractivity contribution is 5.89. The van der Waals surface area contributed by atoms with Gasteiger partial charge < -0.3 is 15.5 Å². The zero-order valence-electron chi connectivity index (χ0n) is 15.5. The van der Waals surface area contributed by atoms with Crippen LogP contribution in [0.1, 0.15) is 30.4 Å². The first-order valence-electron chi connectivity index (χ1n) is 9.92. The molecule has 3 aromatic carbocycles. The summed E-state index contributed by atoms with van der Waals surface area (Å²) in [4.78, 5) is 2.53. The molecule has 2 heterocycles. The standard InChI is InChI=1S/C24H25N3/c1-4-11-19(12-5-1)24(20-13-6-2-7-14-20)25-21-15-10-16-22(23(21)26-24)27-17-8-3-9-18-27/h1-2,4-7,10-16,25-26H,3,8-9,17-18H2. The summed E-state index contributed by atoms with van der Waals surface area (Å²) in [6.07, 6.45) is 3.90. The molecule has 0 atom stereocenters. The van der Waals surface area contributed by atoms with E-state index >= 15 is 0 Å². The molecule has 2 N–H and O–H groups in total. The molecule has 5 rings (SSSR count). The molecule has 0 bridgehead atoms. The Morgan fingerprint density at radius 2 is 1.26 bits per heavy atom. The average molecular weight is 355 g/mol. The maximum Gasteiger partial charge on any atom is 0.161 e. The van der Waals surface area contributed by atoms with E-state index in [9.17, 15) is 0 Å². The van der Waals surface area contributed by atoms with Crippen molar-refractivity contribution in [3.8, 4) is 0 Å². The number of hydrogen-bond acceptors (Lipinski definition) is 3. The fourth-order valence-corrected chi connectivity index (χ4v) is 4.43. The second-order valence-electron chi connectivity index (χ2n) is 7.48. The summed E-state index contributed by atoms with van der Waals surface area (Å²) < 4.78 is 0. The van der Waals surface area contributed by atoms with E-state index in [4.69, 9.17) is 0 Å². The summed E-state index contributed by atoms with van der Waals surface area (Å²) in [5.41, 5.74) is 5.69. The smallest absolute Gasteiger partial charge is 0.161 e. The summed E-state index contributed by atoms with van der Waals surface area (Å²) >= 11 is 0. The molecule has 3 nitrogen and oxygen atoms in total. The Kier molecular flexibility index (Phi) is 4.01. The van der Waals surface area contributed by atoms with Crippen LogP contribution in [-0.4, -0.2) is 13.1 Å². The van der Waals surface area contributed by atoms with Crippen LogP contribution in [0.2, 0.25) is 0 Å². The van der Waals surface area contributed by atoms with Crippen LogP contribution in [0.4, 0.5) is 17.1 Å². The topological polar surface area (TPSA) is 27.3 Å². The number of anilines is 3. The summed E-state index contributed by atoms with van der Waals surface area (Å²) in [6.45, 7) is 2.28. The van der Waals surface area contributed by atoms with Crippen molar-refractivity contribution >= 4 is 17.1 Å². The highest BCUT2D eigenvalue weighted by Gasteiger charge is 2.41. The van der Waals surface area contributed by atoms with Crippen molar-refractivity contribution in [1.82, 2.24) is 0 Å². The second-order valence-corrected chi connectivity index (χ2v) is 7.48. The number of hydrogen-bond donors (Lipinski definition) is 2. The van der Waals surface area contributed by atoms with Gasteiger partial charge in [-0.05, 0) is 31.4 Å². The highest BCUT2D eigenvalue weighted by atomic mass is 15.3. The van der Waals surface area contributed by atoms with Gasteiger partial charge in [-0.3, -0.25) is 0 Å². The maximum atomic E-state index is 3.89. The number of nitrogens with one attached hydrogen (secondary N) is 2. The number of rotatable bonds is 3. The van der Waals surface area contributed by atoms with Crippen LogP contribution >= 0.6 is 0 Å². The normalized spacial score (nSPS) is 17.7. The van der Waals surface area contributed by atoms with Crippen LogP contribution in [0.15, 0.2) is 78.9 Å². The maximum absolute atomic E-state index is 3.89. The Bertz CT molecular complexity index is 875. The molecular formula is C24H25N3. The molecule has 0 radical (unpaired) electrons. The molecule has 2 aliphatic heterocycles. The van der Waals surface area contributed by atoms with E-state index in [0.29, 0.717) is 0 Å². The molecule has 1 saturated heterocycles. The van der Waals surface area contributed by atoms with Gasteiger partial charge in [0, 0.05) is 24.2 Å². The number of benzene rings is 3. The van der Waals surface area contributed by atoms with Crippen LogP contribution in [0.5, 0.6) is 0 Å². The van der Waals surface area contributed by atoms with Crippen LogP contribution in [0, 0.1) is 0 Å². The minimum atomic E-state index is -0.448. The van der Waals surface area contributed by atoms with Gasteiger partial charge in [-0.1, -0.05) is 66.7 Å². The Labute approximate surface area is 161 Å². The van der Waals surface area contributed by atoms with Gasteiger partial charge in [0.05, 0.1) is 17.1 Å². The lowest BCUT2D eigenvalue weighted by Crippen LogP contribution is -2.40. The van der Waals surface area contributed by atoms with Crippen molar-refractivity contribution in [2.45, 2.75) is 24.9 Å². The Balaban J connectivity index is 1.62. The molecule has 0 amide bonds. The van der Waals surface area contributed by atoms with Gasteiger partial charge in [-0.25, -0.2) is 0 Å². The van der Waals surface area contributed by atoms with E-state index in [-0.39, 0.29) is 0 Å². The number of fused-ring (bicyclic) bond motifs is 1. The lowest BCUT2D eigenvalue weighted by molar-refractivity contribution is 0.578. The van der Waals surface area contributed by atoms with Crippen molar-refractivity contribution in [2.24, 2.45) is 0 Å². The fourth-order valence-electron chi connectivity index (χ4n) is 4.43. The molecule has 3 aromatic rings. The van der Waals surface area contributed by atoms with E-state index < -0.39 is 5.66 Å². The van der Waals surface area contributed by atoms with Gasteiger partial charge in [0.15, 0.2) is 5.66 Å². The van der Waals surface area contributed by atoms with Gasteiger partial charge in [0.1, 0.15) is 0 Å². The summed E-state index contributed by atoms with van der Waals surface area (Å²) in [6, 6.07) is 28.0. The van der Waals surface area contributed by atoms with Gasteiger partial charge in [-0.2, -0.15) is 0 Å². The molecule has 3 heteroatoms. The van der Waals surface area contributed by atoms with E-state index in [1.54, 1.807) is 0 Å². The molecule has 0 aliphatic carbocycles. The molecule has 2 aliphatic rings. The molecule has 0 aromatic heterocycles. The molecule has 0 unspecified atom stereocenters. The molecule has 0 saturated carbocycles. The van der Waals surface area contributed by atoms with Gasteiger partial charge >= 0.3 is 0 Å². The number of para-hydroxylation sites is 1. The van der Waals surface area contributed by atoms with Gasteiger partial charge in [-0.15, -0.1) is 0 Å². The molecule has 136 valence electrons. The molecular weight excluding hydrogens is 330 g/mol. The summed E-state index contributed by atoms with van der Waals surface area (Å²) in [5.74, 6) is 0. The SMILES string of the molecule is c1ccc(C2(c3ccccc3)Nc3cccc(N4CCCCC4)c3N2)cc1. The van der Waals surface area contributed by atoms with E-state index in [0.717, 1.165) is 13.1 Å². The Morgan fingerprint density at radius 1 is 0.630 bits per heavy atom. The third-order valence-electron chi connectivity index (χ3n) is 5.79. The van der Waals surface area contributed by atoms with Crippen molar-refractivity contribution in [3.63, 3.8) is 0 Å². The van der Waals surface area contributed by atoms with Crippen LogP contribution in [0.3, 0.4) is 0 Å². The highest BCUT2D eigenvalue weighted by Crippen LogP contribution is 2.48. The fraction of sp³-hybridized carbons (Fsp3) is 0.250. The molecule has 27 heavy (non-hydrogen) atoms. The zero-order valence-corrected chi connectivity index (χ0v) is 15.5. The third kappa shape index (κ3) is 2.74. The Morgan fingerprint density at radius 3 is 1.89 bits per heavy atom. The molecule has 1 fully saturated rings. The number of nitrogens with zero attached hydrogens (tertiary/aromatic N) is 1. The van der Waals surface area contributed by atoms with Crippen molar-refractivity contribution in [2.75, 3.05) is 28.6 Å². The van der Waals surface area contributed by atoms with Crippen molar-refractivity contribution in [3.05, 3.63) is 90.0 Å². The second kappa shape index (κ2) is 6.66. The minimum absolute atomic E-state index is 0.448. The van der Waals surface area contributed by atoms with Crippen LogP contribution in [0.25, 0.3) is 0 Å². The van der Waals surface area contributed by atoms with Gasteiger partial charge in [0.25, 0.3) is 0 Å². The summed E-state index contributed by atoms with van der Waals surface area (Å²) in [5, 5.41) is 7.72. The van der Waals surface area contributed by atoms with E-state index in [1.807, 2.05) is 0 Å². The zero-order chi connectivity index (χ0) is 18.1. The molecule has 0 spiro atoms. The van der Waals surface area contributed by atoms with Crippen molar-refractivity contribution < 1.29 is 0 Å². The van der Waals surface area contributed by atoms with Crippen LogP contribution < -0.4 is 15.5 Å². The Hall–Kier alpha value is -2.94. The van der Waals surface area contributed by atoms with Crippen molar-refractivity contribution in [1.29, 1.82) is 0 Å². The van der Waals surface area contributed by atoms with Gasteiger partial charge in [0.2, 0.25) is 0 Å². The first-order chi connectivity index (χ1) is 13.4. The first-order valence-corrected chi connectivity index (χ1v) is 9.92. The van der Waals surface area contributed by atoms with E-state index in [2.05, 4.69) is 94.4 Å². The quantitative estimate of drug-likeness (QED) is 0.657. The average Bonchev–Trinajstić information content (AvgIpc) is 3.17. The monoisotopic (exact) mass is 355 g/mol. The lowest BCUT2D eigenvalue weighted by atomic mass is 9.91. The van der Waals surface area contributed by atoms with Crippen LogP contribution in [-0.2, 0) is 5.66 Å². The lowest BCUT2D eigenvalue weighted by Gasteiger charge is -2.33. The largest absolute Gasteiger partial charge is 0.370 e. The predicted molar refractivity (Wildman–Crippen MR) is 113 cm³/mol. The summed E-state index contributed by atoms with van der Waals surface area (Å²) in [7, 11) is 0.